The molecule has 7 rings (SSSR count). The Hall–Kier alpha value is -4.71. The highest BCUT2D eigenvalue weighted by Crippen LogP contribution is 2.35. The van der Waals surface area contributed by atoms with E-state index in [1.807, 2.05) is 36.7 Å². The first-order chi connectivity index (χ1) is 19.3. The Morgan fingerprint density at radius 2 is 1.46 bits per heavy atom. The maximum atomic E-state index is 6.36. The Morgan fingerprint density at radius 3 is 2.31 bits per heavy atom. The van der Waals surface area contributed by atoms with Crippen LogP contribution >= 0.6 is 0 Å². The fraction of sp³-hybridized carbons (Fsp3) is 0.182. The average molecular weight is 512 g/mol. The van der Waals surface area contributed by atoms with Gasteiger partial charge in [-0.15, -0.1) is 0 Å². The number of hydrogen-bond acceptors (Lipinski definition) is 5. The molecule has 0 amide bonds. The van der Waals surface area contributed by atoms with Gasteiger partial charge in [0.15, 0.2) is 17.0 Å². The monoisotopic (exact) mass is 511 g/mol. The summed E-state index contributed by atoms with van der Waals surface area (Å²) in [6.07, 6.45) is 7.94. The van der Waals surface area contributed by atoms with Gasteiger partial charge < -0.3 is 14.6 Å². The van der Waals surface area contributed by atoms with Gasteiger partial charge in [0.2, 0.25) is 0 Å². The van der Waals surface area contributed by atoms with E-state index < -0.39 is 0 Å². The van der Waals surface area contributed by atoms with Crippen LogP contribution in [0.15, 0.2) is 103 Å². The molecule has 1 N–H and O–H groups in total. The van der Waals surface area contributed by atoms with Crippen molar-refractivity contribution in [3.8, 4) is 22.9 Å². The quantitative estimate of drug-likeness (QED) is 0.242. The van der Waals surface area contributed by atoms with E-state index in [4.69, 9.17) is 19.7 Å². The highest BCUT2D eigenvalue weighted by molar-refractivity contribution is 5.89. The molecule has 0 spiro atoms. The smallest absolute Gasteiger partial charge is 0.326 e. The molecule has 0 bridgehead atoms. The molecule has 1 saturated carbocycles. The predicted octanol–water partition coefficient (Wildman–Crippen LogP) is 8.69. The van der Waals surface area contributed by atoms with E-state index in [1.165, 1.54) is 24.8 Å². The third kappa shape index (κ3) is 4.70. The lowest BCUT2D eigenvalue weighted by molar-refractivity contribution is 0.357. The van der Waals surface area contributed by atoms with Crippen LogP contribution in [0.2, 0.25) is 0 Å². The van der Waals surface area contributed by atoms with Gasteiger partial charge in [-0.25, -0.2) is 4.98 Å². The summed E-state index contributed by atoms with van der Waals surface area (Å²) in [7, 11) is 0. The van der Waals surface area contributed by atoms with Crippen LogP contribution < -0.4 is 10.1 Å². The lowest BCUT2D eigenvalue weighted by atomic mass is 9.95. The van der Waals surface area contributed by atoms with Gasteiger partial charge in [0.05, 0.1) is 6.33 Å². The summed E-state index contributed by atoms with van der Waals surface area (Å²) >= 11 is 0. The molecule has 0 aliphatic heterocycles. The number of imidazole rings is 1. The van der Waals surface area contributed by atoms with Crippen molar-refractivity contribution in [3.63, 3.8) is 0 Å². The Morgan fingerprint density at radius 1 is 0.718 bits per heavy atom. The molecule has 2 heterocycles. The van der Waals surface area contributed by atoms with Crippen LogP contribution in [0.25, 0.3) is 33.1 Å². The minimum Gasteiger partial charge on any atom is -0.424 e. The fourth-order valence-corrected chi connectivity index (χ4v) is 5.55. The number of nitrogens with one attached hydrogen (secondary N) is 1. The van der Waals surface area contributed by atoms with E-state index >= 15 is 0 Å². The largest absolute Gasteiger partial charge is 0.424 e. The molecule has 39 heavy (non-hydrogen) atoms. The molecule has 0 unspecified atom stereocenters. The second kappa shape index (κ2) is 10.2. The van der Waals surface area contributed by atoms with Crippen LogP contribution in [0.3, 0.4) is 0 Å². The fourth-order valence-electron chi connectivity index (χ4n) is 5.55. The number of aromatic nitrogens is 4. The summed E-state index contributed by atoms with van der Waals surface area (Å²) in [4.78, 5) is 14.5. The van der Waals surface area contributed by atoms with Crippen LogP contribution in [-0.4, -0.2) is 19.5 Å². The number of benzene rings is 4. The highest BCUT2D eigenvalue weighted by atomic mass is 16.5. The van der Waals surface area contributed by atoms with Crippen LogP contribution in [0.1, 0.15) is 38.1 Å². The Kier molecular flexibility index (Phi) is 6.13. The van der Waals surface area contributed by atoms with Gasteiger partial charge in [0.1, 0.15) is 5.75 Å². The summed E-state index contributed by atoms with van der Waals surface area (Å²) in [6.45, 7) is 0. The van der Waals surface area contributed by atoms with Gasteiger partial charge in [-0.1, -0.05) is 98.1 Å². The molecule has 1 aliphatic rings. The Bertz CT molecular complexity index is 1730. The van der Waals surface area contributed by atoms with Crippen molar-refractivity contribution in [1.82, 2.24) is 19.5 Å². The second-order valence-electron chi connectivity index (χ2n) is 10.1. The van der Waals surface area contributed by atoms with Crippen molar-refractivity contribution < 1.29 is 4.74 Å². The molecule has 6 heteroatoms. The molecule has 2 aromatic heterocycles. The van der Waals surface area contributed by atoms with Crippen LogP contribution in [-0.2, 0) is 0 Å². The highest BCUT2D eigenvalue weighted by Gasteiger charge is 2.22. The number of rotatable bonds is 6. The molecule has 192 valence electrons. The zero-order valence-corrected chi connectivity index (χ0v) is 21.6. The molecule has 0 atom stereocenters. The van der Waals surface area contributed by atoms with Gasteiger partial charge in [-0.05, 0) is 47.6 Å². The average Bonchev–Trinajstić information content (AvgIpc) is 3.43. The number of fused-ring (bicyclic) bond motifs is 2. The van der Waals surface area contributed by atoms with Crippen LogP contribution in [0.4, 0.5) is 11.5 Å². The van der Waals surface area contributed by atoms with E-state index in [-0.39, 0.29) is 0 Å². The summed E-state index contributed by atoms with van der Waals surface area (Å²) < 4.78 is 8.58. The summed E-state index contributed by atoms with van der Waals surface area (Å²) in [5.74, 6) is 1.37. The first kappa shape index (κ1) is 23.4. The van der Waals surface area contributed by atoms with Gasteiger partial charge >= 0.3 is 6.01 Å². The number of anilines is 2. The van der Waals surface area contributed by atoms with Crippen molar-refractivity contribution >= 4 is 33.4 Å². The van der Waals surface area contributed by atoms with Gasteiger partial charge in [-0.3, -0.25) is 0 Å². The first-order valence-electron chi connectivity index (χ1n) is 13.6. The molecule has 6 aromatic rings. The van der Waals surface area contributed by atoms with Crippen molar-refractivity contribution in [2.24, 2.45) is 0 Å². The normalized spacial score (nSPS) is 14.1. The van der Waals surface area contributed by atoms with Crippen LogP contribution in [0, 0.1) is 0 Å². The molecule has 1 aliphatic carbocycles. The van der Waals surface area contributed by atoms with E-state index in [2.05, 4.69) is 76.6 Å². The van der Waals surface area contributed by atoms with Crippen molar-refractivity contribution in [1.29, 1.82) is 0 Å². The standard InChI is InChI=1S/C33H29N5O/c1-3-10-23(11-4-1)24-18-20-26(21-19-24)35-31-30-32(38(22-34-30)27-14-5-2-6-15-27)37-33(36-31)39-29-17-9-13-25-12-7-8-16-28(25)29/h1,3-4,7-13,16-22,27H,2,5-6,14-15H2,(H,35,36,37). The minimum absolute atomic E-state index is 0.305. The predicted molar refractivity (Wildman–Crippen MR) is 157 cm³/mol. The molecule has 6 nitrogen and oxygen atoms in total. The third-order valence-electron chi connectivity index (χ3n) is 7.57. The number of nitrogens with zero attached hydrogens (tertiary/aromatic N) is 4. The molecule has 0 radical (unpaired) electrons. The molecular weight excluding hydrogens is 482 g/mol. The number of hydrogen-bond donors (Lipinski definition) is 1. The van der Waals surface area contributed by atoms with E-state index in [0.717, 1.165) is 51.8 Å². The summed E-state index contributed by atoms with van der Waals surface area (Å²) in [5, 5.41) is 5.63. The molecule has 0 saturated heterocycles. The molecule has 1 fully saturated rings. The van der Waals surface area contributed by atoms with Crippen molar-refractivity contribution in [2.45, 2.75) is 38.1 Å². The van der Waals surface area contributed by atoms with Gasteiger partial charge in [-0.2, -0.15) is 9.97 Å². The van der Waals surface area contributed by atoms with Crippen LogP contribution in [0.5, 0.6) is 11.8 Å². The molecular formula is C33H29N5O. The molecule has 4 aromatic carbocycles. The maximum Gasteiger partial charge on any atom is 0.326 e. The van der Waals surface area contributed by atoms with Gasteiger partial charge in [0, 0.05) is 17.1 Å². The Balaban J connectivity index is 1.28. The topological polar surface area (TPSA) is 64.9 Å². The van der Waals surface area contributed by atoms with Gasteiger partial charge in [0.25, 0.3) is 0 Å². The first-order valence-corrected chi connectivity index (χ1v) is 13.6. The van der Waals surface area contributed by atoms with E-state index in [9.17, 15) is 0 Å². The maximum absolute atomic E-state index is 6.36. The van der Waals surface area contributed by atoms with Crippen molar-refractivity contribution in [2.75, 3.05) is 5.32 Å². The summed E-state index contributed by atoms with van der Waals surface area (Å²) in [6, 6.07) is 33.7. The zero-order valence-electron chi connectivity index (χ0n) is 21.6. The second-order valence-corrected chi connectivity index (χ2v) is 10.1. The van der Waals surface area contributed by atoms with E-state index in [0.29, 0.717) is 17.9 Å². The lowest BCUT2D eigenvalue weighted by Crippen LogP contribution is -2.12. The minimum atomic E-state index is 0.305. The Labute approximate surface area is 227 Å². The number of ether oxygens (including phenoxy) is 1. The summed E-state index contributed by atoms with van der Waals surface area (Å²) in [5.41, 5.74) is 4.83. The van der Waals surface area contributed by atoms with Crippen molar-refractivity contribution in [3.05, 3.63) is 103 Å². The third-order valence-corrected chi connectivity index (χ3v) is 7.57. The SMILES string of the molecule is c1ccc(-c2ccc(Nc3nc(Oc4cccc5ccccc45)nc4c3ncn4C3CCCCC3)cc2)cc1. The van der Waals surface area contributed by atoms with E-state index in [1.54, 1.807) is 0 Å². The zero-order chi connectivity index (χ0) is 26.0. The lowest BCUT2D eigenvalue weighted by Gasteiger charge is -2.23.